The van der Waals surface area contributed by atoms with E-state index < -0.39 is 25.0 Å². The average molecular weight is 290 g/mol. The third-order valence-electron chi connectivity index (χ3n) is 2.89. The first-order valence-corrected chi connectivity index (χ1v) is 6.70. The van der Waals surface area contributed by atoms with E-state index in [9.17, 15) is 9.77 Å². The number of hydroxylamine groups is 2. The van der Waals surface area contributed by atoms with Gasteiger partial charge >= 0.3 is 7.82 Å². The van der Waals surface area contributed by atoms with E-state index in [1.165, 1.54) is 5.06 Å². The van der Waals surface area contributed by atoms with Crippen molar-refractivity contribution in [2.75, 3.05) is 0 Å². The highest BCUT2D eigenvalue weighted by Gasteiger charge is 2.46. The standard InChI is InChI=1S/C9H20NO5P.ClH/c1-8(2)5-7(15-16(12,13)14)6-9(3,4)10(8)11;/h7,11H,5-6H2,1-4H3,(H2,12,13,14);1H. The maximum atomic E-state index is 10.8. The maximum Gasteiger partial charge on any atom is 0.469 e. The number of phosphoric acid groups is 1. The Balaban J connectivity index is 0.00000256. The summed E-state index contributed by atoms with van der Waals surface area (Å²) in [6, 6.07) is 0. The van der Waals surface area contributed by atoms with E-state index in [1.807, 2.05) is 27.7 Å². The van der Waals surface area contributed by atoms with Crippen LogP contribution in [0.4, 0.5) is 0 Å². The molecule has 0 unspecified atom stereocenters. The van der Waals surface area contributed by atoms with E-state index in [0.29, 0.717) is 12.8 Å². The van der Waals surface area contributed by atoms with Gasteiger partial charge in [-0.05, 0) is 40.5 Å². The Hall–Kier alpha value is 0.320. The highest BCUT2D eigenvalue weighted by atomic mass is 35.5. The average Bonchev–Trinajstić information content (AvgIpc) is 1.95. The van der Waals surface area contributed by atoms with Crippen LogP contribution in [-0.4, -0.2) is 37.2 Å². The molecule has 0 bridgehead atoms. The van der Waals surface area contributed by atoms with Gasteiger partial charge < -0.3 is 15.0 Å². The molecular formula is C9H21ClNO5P. The Kier molecular flexibility index (Phi) is 5.23. The molecular weight excluding hydrogens is 269 g/mol. The molecule has 6 nitrogen and oxygen atoms in total. The molecule has 1 aliphatic heterocycles. The molecule has 17 heavy (non-hydrogen) atoms. The smallest absolute Gasteiger partial charge is 0.313 e. The van der Waals surface area contributed by atoms with Crippen molar-refractivity contribution in [2.45, 2.75) is 57.7 Å². The minimum atomic E-state index is -4.47. The van der Waals surface area contributed by atoms with Crippen LogP contribution < -0.4 is 0 Å². The molecule has 0 aromatic rings. The maximum absolute atomic E-state index is 10.8. The number of rotatable bonds is 2. The Bertz CT molecular complexity index is 299. The van der Waals surface area contributed by atoms with Crippen molar-refractivity contribution >= 4 is 20.2 Å². The third-order valence-corrected chi connectivity index (χ3v) is 3.46. The van der Waals surface area contributed by atoms with E-state index in [-0.39, 0.29) is 12.4 Å². The van der Waals surface area contributed by atoms with Crippen LogP contribution >= 0.6 is 20.2 Å². The summed E-state index contributed by atoms with van der Waals surface area (Å²) >= 11 is 0. The molecule has 1 heterocycles. The Morgan fingerprint density at radius 2 is 1.53 bits per heavy atom. The number of piperidine rings is 1. The zero-order valence-electron chi connectivity index (χ0n) is 10.5. The van der Waals surface area contributed by atoms with Crippen LogP contribution in [0.3, 0.4) is 0 Å². The number of hydrogen-bond acceptors (Lipinski definition) is 4. The highest BCUT2D eigenvalue weighted by molar-refractivity contribution is 7.46. The van der Waals surface area contributed by atoms with Crippen molar-refractivity contribution in [3.8, 4) is 0 Å². The molecule has 0 amide bonds. The zero-order valence-corrected chi connectivity index (χ0v) is 12.2. The third kappa shape index (κ3) is 4.48. The molecule has 0 saturated carbocycles. The van der Waals surface area contributed by atoms with Gasteiger partial charge in [-0.1, -0.05) is 0 Å². The van der Waals surface area contributed by atoms with Gasteiger partial charge in [-0.2, -0.15) is 5.06 Å². The largest absolute Gasteiger partial charge is 0.469 e. The van der Waals surface area contributed by atoms with Crippen molar-refractivity contribution in [2.24, 2.45) is 0 Å². The Labute approximate surface area is 108 Å². The van der Waals surface area contributed by atoms with Crippen molar-refractivity contribution < 1.29 is 24.1 Å². The van der Waals surface area contributed by atoms with Crippen molar-refractivity contribution in [1.29, 1.82) is 0 Å². The molecule has 8 heteroatoms. The molecule has 1 aliphatic rings. The number of phosphoric ester groups is 1. The van der Waals surface area contributed by atoms with Gasteiger partial charge in [0.15, 0.2) is 0 Å². The van der Waals surface area contributed by atoms with Gasteiger partial charge in [-0.25, -0.2) is 4.57 Å². The molecule has 1 saturated heterocycles. The first-order chi connectivity index (χ1) is 6.94. The van der Waals surface area contributed by atoms with Crippen molar-refractivity contribution in [3.05, 3.63) is 0 Å². The molecule has 0 radical (unpaired) electrons. The van der Waals surface area contributed by atoms with Crippen LogP contribution in [0.5, 0.6) is 0 Å². The number of nitrogens with zero attached hydrogens (tertiary/aromatic N) is 1. The van der Waals surface area contributed by atoms with Crippen LogP contribution in [0.15, 0.2) is 0 Å². The molecule has 0 aromatic carbocycles. The second-order valence-electron chi connectivity index (χ2n) is 5.56. The summed E-state index contributed by atoms with van der Waals surface area (Å²) in [6.07, 6.45) is 0.199. The van der Waals surface area contributed by atoms with E-state index in [2.05, 4.69) is 0 Å². The molecule has 0 spiro atoms. The minimum Gasteiger partial charge on any atom is -0.313 e. The summed E-state index contributed by atoms with van der Waals surface area (Å²) < 4.78 is 15.5. The van der Waals surface area contributed by atoms with Crippen LogP contribution in [0.1, 0.15) is 40.5 Å². The molecule has 104 valence electrons. The van der Waals surface area contributed by atoms with Gasteiger partial charge in [0.1, 0.15) is 0 Å². The van der Waals surface area contributed by atoms with Gasteiger partial charge in [0.2, 0.25) is 0 Å². The first kappa shape index (κ1) is 17.3. The molecule has 0 aromatic heterocycles. The fourth-order valence-electron chi connectivity index (χ4n) is 2.45. The summed E-state index contributed by atoms with van der Waals surface area (Å²) in [5, 5.41) is 11.2. The van der Waals surface area contributed by atoms with Gasteiger partial charge in [-0.15, -0.1) is 12.4 Å². The SMILES string of the molecule is CC1(C)CC(OP(=O)(O)O)CC(C)(C)N1O.Cl. The number of halogens is 1. The quantitative estimate of drug-likeness (QED) is 0.673. The van der Waals surface area contributed by atoms with Gasteiger partial charge in [0.05, 0.1) is 6.10 Å². The van der Waals surface area contributed by atoms with Crippen LogP contribution in [0.25, 0.3) is 0 Å². The number of hydrogen-bond donors (Lipinski definition) is 3. The zero-order chi connectivity index (χ0) is 12.8. The normalized spacial score (nSPS) is 25.4. The molecule has 1 rings (SSSR count). The summed E-state index contributed by atoms with van der Waals surface area (Å²) in [5.41, 5.74) is -1.14. The first-order valence-electron chi connectivity index (χ1n) is 5.17. The monoisotopic (exact) mass is 289 g/mol. The lowest BCUT2D eigenvalue weighted by molar-refractivity contribution is -0.255. The lowest BCUT2D eigenvalue weighted by atomic mass is 9.80. The summed E-state index contributed by atoms with van der Waals surface area (Å²) in [6.45, 7) is 7.24. The second kappa shape index (κ2) is 5.13. The molecule has 1 fully saturated rings. The predicted octanol–water partition coefficient (Wildman–Crippen LogP) is 1.93. The minimum absolute atomic E-state index is 0. The molecule has 3 N–H and O–H groups in total. The Morgan fingerprint density at radius 1 is 1.18 bits per heavy atom. The lowest BCUT2D eigenvalue weighted by Crippen LogP contribution is -2.60. The summed E-state index contributed by atoms with van der Waals surface area (Å²) in [5.74, 6) is 0. The molecule has 0 aliphatic carbocycles. The summed E-state index contributed by atoms with van der Waals surface area (Å²) in [4.78, 5) is 17.6. The highest BCUT2D eigenvalue weighted by Crippen LogP contribution is 2.45. The Morgan fingerprint density at radius 3 is 1.82 bits per heavy atom. The van der Waals surface area contributed by atoms with Gasteiger partial charge in [0, 0.05) is 11.1 Å². The van der Waals surface area contributed by atoms with E-state index >= 15 is 0 Å². The van der Waals surface area contributed by atoms with Gasteiger partial charge in [-0.3, -0.25) is 4.52 Å². The van der Waals surface area contributed by atoms with E-state index in [4.69, 9.17) is 14.3 Å². The predicted molar refractivity (Wildman–Crippen MR) is 65.2 cm³/mol. The fourth-order valence-corrected chi connectivity index (χ4v) is 2.98. The van der Waals surface area contributed by atoms with Crippen LogP contribution in [0, 0.1) is 0 Å². The van der Waals surface area contributed by atoms with Crippen LogP contribution in [0.2, 0.25) is 0 Å². The van der Waals surface area contributed by atoms with Crippen molar-refractivity contribution in [1.82, 2.24) is 5.06 Å². The fraction of sp³-hybridized carbons (Fsp3) is 1.00. The van der Waals surface area contributed by atoms with E-state index in [1.54, 1.807) is 0 Å². The van der Waals surface area contributed by atoms with Crippen molar-refractivity contribution in [3.63, 3.8) is 0 Å². The second-order valence-corrected chi connectivity index (χ2v) is 6.75. The lowest BCUT2D eigenvalue weighted by Gasteiger charge is -2.51. The van der Waals surface area contributed by atoms with E-state index in [0.717, 1.165) is 0 Å². The molecule has 0 atom stereocenters. The summed E-state index contributed by atoms with van der Waals surface area (Å²) in [7, 11) is -4.47. The van der Waals surface area contributed by atoms with Gasteiger partial charge in [0.25, 0.3) is 0 Å². The topological polar surface area (TPSA) is 90.2 Å². The van der Waals surface area contributed by atoms with Crippen LogP contribution in [-0.2, 0) is 9.09 Å².